The van der Waals surface area contributed by atoms with Crippen molar-refractivity contribution in [2.45, 2.75) is 32.1 Å². The van der Waals surface area contributed by atoms with Gasteiger partial charge in [-0.1, -0.05) is 30.2 Å². The van der Waals surface area contributed by atoms with Gasteiger partial charge >= 0.3 is 0 Å². The number of rotatable bonds is 3. The number of aryl methyl sites for hydroxylation is 1. The number of carbonyl (C=O) groups excluding carboxylic acids is 1. The zero-order valence-electron chi connectivity index (χ0n) is 14.0. The summed E-state index contributed by atoms with van der Waals surface area (Å²) in [6, 6.07) is 8.57. The molecule has 1 aromatic rings. The Morgan fingerprint density at radius 1 is 1.22 bits per heavy atom. The fraction of sp³-hybridized carbons (Fsp3) is 0.550. The summed E-state index contributed by atoms with van der Waals surface area (Å²) >= 11 is 0. The molecule has 2 aliphatic heterocycles. The Kier molecular flexibility index (Phi) is 5.03. The third-order valence-electron chi connectivity index (χ3n) is 5.38. The van der Waals surface area contributed by atoms with Gasteiger partial charge in [-0.05, 0) is 50.4 Å². The van der Waals surface area contributed by atoms with Gasteiger partial charge in [0.2, 0.25) is 5.91 Å². The predicted molar refractivity (Wildman–Crippen MR) is 93.1 cm³/mol. The first-order valence-corrected chi connectivity index (χ1v) is 8.69. The Labute approximate surface area is 139 Å². The highest BCUT2D eigenvalue weighted by atomic mass is 16.2. The fourth-order valence-electron chi connectivity index (χ4n) is 3.98. The summed E-state index contributed by atoms with van der Waals surface area (Å²) in [4.78, 5) is 17.2. The molecule has 2 fully saturated rings. The number of nitrogens with zero attached hydrogens (tertiary/aromatic N) is 2. The van der Waals surface area contributed by atoms with Crippen LogP contribution in [0, 0.1) is 25.2 Å². The SMILES string of the molecule is C#CCN1CCC(C(=O)N2CCC(c3ccccc3C)C2)CC1. The molecule has 3 heteroatoms. The minimum atomic E-state index is 0.194. The van der Waals surface area contributed by atoms with E-state index in [2.05, 4.69) is 46.9 Å². The summed E-state index contributed by atoms with van der Waals surface area (Å²) in [5.74, 6) is 3.75. The van der Waals surface area contributed by atoms with E-state index in [0.29, 0.717) is 18.4 Å². The Morgan fingerprint density at radius 2 is 1.96 bits per heavy atom. The molecule has 3 nitrogen and oxygen atoms in total. The molecule has 0 saturated carbocycles. The summed E-state index contributed by atoms with van der Waals surface area (Å²) in [5, 5.41) is 0. The number of benzene rings is 1. The van der Waals surface area contributed by atoms with Crippen molar-refractivity contribution in [3.8, 4) is 12.3 Å². The molecule has 2 heterocycles. The van der Waals surface area contributed by atoms with E-state index in [1.165, 1.54) is 11.1 Å². The van der Waals surface area contributed by atoms with Crippen LogP contribution < -0.4 is 0 Å². The fourth-order valence-corrected chi connectivity index (χ4v) is 3.98. The normalized spacial score (nSPS) is 23.0. The maximum absolute atomic E-state index is 12.8. The van der Waals surface area contributed by atoms with Gasteiger partial charge in [0.05, 0.1) is 6.54 Å². The van der Waals surface area contributed by atoms with E-state index in [4.69, 9.17) is 6.42 Å². The first-order valence-electron chi connectivity index (χ1n) is 8.69. The van der Waals surface area contributed by atoms with Crippen LogP contribution in [-0.4, -0.2) is 48.4 Å². The number of piperidine rings is 1. The maximum Gasteiger partial charge on any atom is 0.225 e. The van der Waals surface area contributed by atoms with Crippen molar-refractivity contribution in [1.82, 2.24) is 9.80 Å². The molecular formula is C20H26N2O. The van der Waals surface area contributed by atoms with Crippen LogP contribution in [0.5, 0.6) is 0 Å². The first-order chi connectivity index (χ1) is 11.2. The zero-order valence-corrected chi connectivity index (χ0v) is 14.0. The molecule has 0 radical (unpaired) electrons. The highest BCUT2D eigenvalue weighted by Crippen LogP contribution is 2.31. The van der Waals surface area contributed by atoms with Crippen LogP contribution >= 0.6 is 0 Å². The van der Waals surface area contributed by atoms with E-state index >= 15 is 0 Å². The van der Waals surface area contributed by atoms with Crippen molar-refractivity contribution >= 4 is 5.91 Å². The molecule has 0 aliphatic carbocycles. The number of amides is 1. The van der Waals surface area contributed by atoms with Crippen molar-refractivity contribution in [2.24, 2.45) is 5.92 Å². The Morgan fingerprint density at radius 3 is 2.65 bits per heavy atom. The molecule has 2 saturated heterocycles. The number of carbonyl (C=O) groups is 1. The van der Waals surface area contributed by atoms with E-state index in [9.17, 15) is 4.79 Å². The van der Waals surface area contributed by atoms with Crippen LogP contribution in [0.1, 0.15) is 36.3 Å². The maximum atomic E-state index is 12.8. The number of hydrogen-bond donors (Lipinski definition) is 0. The van der Waals surface area contributed by atoms with Gasteiger partial charge in [0, 0.05) is 24.9 Å². The lowest BCUT2D eigenvalue weighted by Crippen LogP contribution is -2.41. The van der Waals surface area contributed by atoms with Crippen LogP contribution in [0.2, 0.25) is 0 Å². The molecule has 0 N–H and O–H groups in total. The molecule has 1 aromatic carbocycles. The highest BCUT2D eigenvalue weighted by Gasteiger charge is 2.33. The second-order valence-electron chi connectivity index (χ2n) is 6.88. The van der Waals surface area contributed by atoms with E-state index in [1.807, 2.05) is 0 Å². The second-order valence-corrected chi connectivity index (χ2v) is 6.88. The zero-order chi connectivity index (χ0) is 16.2. The van der Waals surface area contributed by atoms with Crippen molar-refractivity contribution < 1.29 is 4.79 Å². The van der Waals surface area contributed by atoms with E-state index in [0.717, 1.165) is 45.4 Å². The molecular weight excluding hydrogens is 284 g/mol. The summed E-state index contributed by atoms with van der Waals surface area (Å²) < 4.78 is 0. The largest absolute Gasteiger partial charge is 0.342 e. The van der Waals surface area contributed by atoms with Crippen LogP contribution in [0.15, 0.2) is 24.3 Å². The van der Waals surface area contributed by atoms with Crippen LogP contribution in [0.4, 0.5) is 0 Å². The minimum absolute atomic E-state index is 0.194. The Bertz CT molecular complexity index is 596. The van der Waals surface area contributed by atoms with Crippen molar-refractivity contribution in [1.29, 1.82) is 0 Å². The van der Waals surface area contributed by atoms with Gasteiger partial charge in [-0.3, -0.25) is 9.69 Å². The van der Waals surface area contributed by atoms with Gasteiger partial charge in [0.25, 0.3) is 0 Å². The number of hydrogen-bond acceptors (Lipinski definition) is 2. The molecule has 0 aromatic heterocycles. The molecule has 3 rings (SSSR count). The number of terminal acetylenes is 1. The van der Waals surface area contributed by atoms with E-state index < -0.39 is 0 Å². The molecule has 1 unspecified atom stereocenters. The van der Waals surface area contributed by atoms with Gasteiger partial charge in [-0.15, -0.1) is 6.42 Å². The molecule has 2 aliphatic rings. The summed E-state index contributed by atoms with van der Waals surface area (Å²) in [7, 11) is 0. The van der Waals surface area contributed by atoms with Crippen LogP contribution in [0.3, 0.4) is 0 Å². The Hall–Kier alpha value is -1.79. The monoisotopic (exact) mass is 310 g/mol. The summed E-state index contributed by atoms with van der Waals surface area (Å²) in [6.45, 7) is 6.57. The average molecular weight is 310 g/mol. The molecule has 122 valence electrons. The molecule has 23 heavy (non-hydrogen) atoms. The second kappa shape index (κ2) is 7.19. The van der Waals surface area contributed by atoms with Crippen molar-refractivity contribution in [3.05, 3.63) is 35.4 Å². The van der Waals surface area contributed by atoms with Crippen LogP contribution in [0.25, 0.3) is 0 Å². The standard InChI is InChI=1S/C20H26N2O/c1-3-11-21-12-8-17(9-13-21)20(23)22-14-10-18(15-22)19-7-5-4-6-16(19)2/h1,4-7,17-18H,8-15H2,2H3. The molecule has 0 bridgehead atoms. The molecule has 1 amide bonds. The van der Waals surface area contributed by atoms with Crippen molar-refractivity contribution in [3.63, 3.8) is 0 Å². The lowest BCUT2D eigenvalue weighted by molar-refractivity contribution is -0.135. The highest BCUT2D eigenvalue weighted by molar-refractivity contribution is 5.79. The third kappa shape index (κ3) is 3.59. The quantitative estimate of drug-likeness (QED) is 0.801. The number of likely N-dealkylation sites (tertiary alicyclic amines) is 2. The van der Waals surface area contributed by atoms with E-state index in [1.54, 1.807) is 0 Å². The molecule has 1 atom stereocenters. The summed E-state index contributed by atoms with van der Waals surface area (Å²) in [6.07, 6.45) is 8.36. The first kappa shape index (κ1) is 16.1. The lowest BCUT2D eigenvalue weighted by atomic mass is 9.94. The smallest absolute Gasteiger partial charge is 0.225 e. The van der Waals surface area contributed by atoms with Gasteiger partial charge in [0.1, 0.15) is 0 Å². The topological polar surface area (TPSA) is 23.6 Å². The van der Waals surface area contributed by atoms with E-state index in [-0.39, 0.29) is 5.92 Å². The van der Waals surface area contributed by atoms with Crippen LogP contribution in [-0.2, 0) is 4.79 Å². The predicted octanol–water partition coefficient (Wildman–Crippen LogP) is 2.66. The van der Waals surface area contributed by atoms with Gasteiger partial charge in [-0.2, -0.15) is 0 Å². The average Bonchev–Trinajstić information content (AvgIpc) is 3.05. The Balaban J connectivity index is 1.56. The van der Waals surface area contributed by atoms with Gasteiger partial charge in [0.15, 0.2) is 0 Å². The third-order valence-corrected chi connectivity index (χ3v) is 5.38. The van der Waals surface area contributed by atoms with Gasteiger partial charge in [-0.25, -0.2) is 0 Å². The lowest BCUT2D eigenvalue weighted by Gasteiger charge is -2.32. The van der Waals surface area contributed by atoms with Crippen molar-refractivity contribution in [2.75, 3.05) is 32.7 Å². The van der Waals surface area contributed by atoms with Gasteiger partial charge < -0.3 is 4.90 Å². The minimum Gasteiger partial charge on any atom is -0.342 e. The summed E-state index contributed by atoms with van der Waals surface area (Å²) in [5.41, 5.74) is 2.75. The molecule has 0 spiro atoms.